The lowest BCUT2D eigenvalue weighted by atomic mass is 9.75. The Morgan fingerprint density at radius 1 is 0.741 bits per heavy atom. The Kier molecular flexibility index (Phi) is 20.2. The van der Waals surface area contributed by atoms with Crippen molar-refractivity contribution in [3.63, 3.8) is 0 Å². The number of ketones is 2. The smallest absolute Gasteiger partial charge is 0.306 e. The number of hydrogen-bond donors (Lipinski definition) is 10. The number of esters is 1. The number of aliphatic hydroxyl groups is 8. The van der Waals surface area contributed by atoms with Crippen molar-refractivity contribution in [1.82, 2.24) is 0 Å². The fraction of sp³-hybridized carbons (Fsp3) is 0.776. The minimum absolute atomic E-state index is 0.0332. The Bertz CT molecular complexity index is 2510. The Balaban J connectivity index is 1.07. The van der Waals surface area contributed by atoms with E-state index in [2.05, 4.69) is 0 Å². The Labute approximate surface area is 471 Å². The maximum absolute atomic E-state index is 15.2. The molecule has 2 aromatic rings. The highest BCUT2D eigenvalue weighted by atomic mass is 16.7. The van der Waals surface area contributed by atoms with E-state index in [0.717, 1.165) is 0 Å². The van der Waals surface area contributed by atoms with Crippen molar-refractivity contribution < 1.29 is 113 Å². The molecule has 5 fully saturated rings. The van der Waals surface area contributed by atoms with Crippen molar-refractivity contribution in [3.05, 3.63) is 28.8 Å². The van der Waals surface area contributed by atoms with E-state index in [1.807, 2.05) is 13.8 Å². The molecule has 5 unspecified atom stereocenters. The number of benzene rings is 2. The van der Waals surface area contributed by atoms with Crippen LogP contribution in [0.25, 0.3) is 10.8 Å². The second-order valence-corrected chi connectivity index (χ2v) is 24.0. The van der Waals surface area contributed by atoms with Gasteiger partial charge >= 0.3 is 5.97 Å². The fourth-order valence-electron chi connectivity index (χ4n) is 12.9. The van der Waals surface area contributed by atoms with Crippen LogP contribution in [0.1, 0.15) is 135 Å². The van der Waals surface area contributed by atoms with Crippen LogP contribution in [0.5, 0.6) is 17.2 Å². The van der Waals surface area contributed by atoms with Gasteiger partial charge in [0.05, 0.1) is 83.7 Å². The molecule has 81 heavy (non-hydrogen) atoms. The zero-order chi connectivity index (χ0) is 59.3. The lowest BCUT2D eigenvalue weighted by Gasteiger charge is -2.46. The van der Waals surface area contributed by atoms with Crippen molar-refractivity contribution in [2.75, 3.05) is 7.11 Å². The molecule has 23 nitrogen and oxygen atoms in total. The van der Waals surface area contributed by atoms with Crippen LogP contribution in [0.4, 0.5) is 0 Å². The van der Waals surface area contributed by atoms with Crippen molar-refractivity contribution in [2.45, 2.75) is 261 Å². The maximum atomic E-state index is 15.2. The van der Waals surface area contributed by atoms with Crippen molar-refractivity contribution in [3.8, 4) is 17.2 Å². The number of carbonyl (C=O) groups is 3. The first-order chi connectivity index (χ1) is 38.1. The summed E-state index contributed by atoms with van der Waals surface area (Å²) in [4.78, 5) is 42.2. The zero-order valence-corrected chi connectivity index (χ0v) is 47.9. The number of phenolic OH excluding ortho intramolecular Hbond substituents is 2. The Morgan fingerprint density at radius 2 is 1.32 bits per heavy atom. The molecule has 10 N–H and O–H groups in total. The highest BCUT2D eigenvalue weighted by Gasteiger charge is 2.51. The average Bonchev–Trinajstić information content (AvgIpc) is 3.05. The molecular formula is C58H86O23. The highest BCUT2D eigenvalue weighted by molar-refractivity contribution is 6.11. The summed E-state index contributed by atoms with van der Waals surface area (Å²) >= 11 is 0. The van der Waals surface area contributed by atoms with Crippen molar-refractivity contribution in [1.29, 1.82) is 0 Å². The van der Waals surface area contributed by atoms with E-state index in [1.165, 1.54) is 27.0 Å². The minimum atomic E-state index is -1.92. The van der Waals surface area contributed by atoms with Crippen LogP contribution >= 0.6 is 0 Å². The summed E-state index contributed by atoms with van der Waals surface area (Å²) in [7, 11) is 1.21. The first-order valence-electron chi connectivity index (χ1n) is 28.7. The summed E-state index contributed by atoms with van der Waals surface area (Å²) < 4.78 is 61.3. The van der Waals surface area contributed by atoms with Gasteiger partial charge in [-0.2, -0.15) is 0 Å². The summed E-state index contributed by atoms with van der Waals surface area (Å²) in [5, 5.41) is 112. The molecule has 0 bridgehead atoms. The van der Waals surface area contributed by atoms with Gasteiger partial charge in [-0.15, -0.1) is 0 Å². The van der Waals surface area contributed by atoms with E-state index in [4.69, 9.17) is 47.4 Å². The van der Waals surface area contributed by atoms with Crippen LogP contribution < -0.4 is 4.74 Å². The van der Waals surface area contributed by atoms with Crippen LogP contribution in [0, 0.1) is 24.7 Å². The number of aliphatic hydroxyl groups excluding tert-OH is 7. The normalized spacial score (nSPS) is 40.5. The van der Waals surface area contributed by atoms with E-state index in [9.17, 15) is 60.7 Å². The van der Waals surface area contributed by atoms with Crippen LogP contribution in [-0.4, -0.2) is 210 Å². The summed E-state index contributed by atoms with van der Waals surface area (Å²) in [5.41, 5.74) is -1.29. The standard InChI is InChI=1S/C58H86O23/c1-11-12-40(60)73-29(8)51(66)54(69)55(72-10)34-16-30-15-31-17-36(79-42-21-39(50(65)28(7)75-42)80-41-19-35(59)48(63)26(5)74-41)25(4)47(62)44(31)52(67)45(30)53(68)56(34)81-43-20-38(49(64)27(6)76-43)77-32-13-23(2)46(61)37(18-32)78-33-14-24(3)57(70)58(9,71)22-33/h15,17,23-24,26-29,32-35,37-39,41-43,46,48-51,55-57,59,61-67,70-71H,11-14,16,18-22H2,1-10H3/t23?,24?,26?,27?,28?,29-,32-,33-,34+,35-,37-,38-,39-,41+,42+,43+,46+,48-,49-,50-,51+,55+,56+,57-,58+/m1/s1. The molecule has 0 spiro atoms. The quantitative estimate of drug-likeness (QED) is 0.0958. The predicted molar refractivity (Wildman–Crippen MR) is 284 cm³/mol. The minimum Gasteiger partial charge on any atom is -0.507 e. The number of phenols is 2. The van der Waals surface area contributed by atoms with Crippen LogP contribution in [0.15, 0.2) is 12.1 Å². The van der Waals surface area contributed by atoms with Gasteiger partial charge in [-0.3, -0.25) is 14.4 Å². The summed E-state index contributed by atoms with van der Waals surface area (Å²) in [6.07, 6.45) is -21.0. The molecule has 6 aliphatic rings. The molecule has 25 atom stereocenters. The maximum Gasteiger partial charge on any atom is 0.306 e. The molecule has 2 saturated carbocycles. The molecule has 8 rings (SSSR count). The van der Waals surface area contributed by atoms with E-state index in [0.29, 0.717) is 19.3 Å². The summed E-state index contributed by atoms with van der Waals surface area (Å²) in [6.45, 7) is 14.7. The van der Waals surface area contributed by atoms with E-state index in [-0.39, 0.29) is 90.0 Å². The molecule has 0 aromatic heterocycles. The number of aromatic hydroxyl groups is 2. The van der Waals surface area contributed by atoms with E-state index < -0.39 is 169 Å². The fourth-order valence-corrected chi connectivity index (χ4v) is 12.9. The average molecular weight is 1150 g/mol. The van der Waals surface area contributed by atoms with Gasteiger partial charge in [0, 0.05) is 57.1 Å². The first-order valence-corrected chi connectivity index (χ1v) is 28.7. The van der Waals surface area contributed by atoms with E-state index >= 15 is 4.79 Å². The molecule has 0 amide bonds. The summed E-state index contributed by atoms with van der Waals surface area (Å²) in [6, 6.07) is 3.07. The van der Waals surface area contributed by atoms with Gasteiger partial charge in [0.2, 0.25) is 6.29 Å². The molecule has 3 aliphatic carbocycles. The van der Waals surface area contributed by atoms with Gasteiger partial charge in [0.1, 0.15) is 53.9 Å². The van der Waals surface area contributed by atoms with Gasteiger partial charge in [0.15, 0.2) is 30.3 Å². The van der Waals surface area contributed by atoms with E-state index in [1.54, 1.807) is 40.7 Å². The SMILES string of the molecule is CCCC(=O)O[C@H](C)[C@H](O)C(=O)[C@@H](OC)[C@@H]1Cc2cc3cc(O[C@H]4C[C@@H](O[C@H]5C[C@@H](O)[C@H](O)C(C)O5)[C@H](O)C(C)O4)c(C)c(O)c3c(O)c2C(=O)[C@H]1O[C@H]1C[C@@H](O[C@@H]2CC(C)[C@H](O)[C@H](O[C@@H]3CC(C)[C@@H](O)[C@@](C)(O)C3)C2)[C@H](O)C(C)O1. The third-order valence-electron chi connectivity index (χ3n) is 17.6. The molecule has 0 radical (unpaired) electrons. The second-order valence-electron chi connectivity index (χ2n) is 24.0. The number of fused-ring (bicyclic) bond motifs is 2. The number of methoxy groups -OCH3 is 1. The van der Waals surface area contributed by atoms with Gasteiger partial charge in [-0.1, -0.05) is 20.8 Å². The molecule has 3 aliphatic heterocycles. The van der Waals surface area contributed by atoms with Gasteiger partial charge in [0.25, 0.3) is 0 Å². The van der Waals surface area contributed by atoms with Crippen LogP contribution in [-0.2, 0) is 58.6 Å². The van der Waals surface area contributed by atoms with Gasteiger partial charge in [-0.05, 0) is 102 Å². The molecular weight excluding hydrogens is 1060 g/mol. The third kappa shape index (κ3) is 13.5. The molecule has 3 heterocycles. The lowest BCUT2D eigenvalue weighted by Crippen LogP contribution is -2.56. The number of ether oxygens (including phenoxy) is 10. The van der Waals surface area contributed by atoms with Crippen molar-refractivity contribution in [2.24, 2.45) is 17.8 Å². The molecule has 23 heteroatoms. The second kappa shape index (κ2) is 25.9. The molecule has 2 aromatic carbocycles. The number of rotatable bonds is 18. The number of carbonyl (C=O) groups excluding carboxylic acids is 3. The van der Waals surface area contributed by atoms with Crippen LogP contribution in [0.3, 0.4) is 0 Å². The third-order valence-corrected chi connectivity index (χ3v) is 17.6. The number of hydrogen-bond acceptors (Lipinski definition) is 23. The lowest BCUT2D eigenvalue weighted by molar-refractivity contribution is -0.298. The topological polar surface area (TPSA) is 346 Å². The van der Waals surface area contributed by atoms with Gasteiger partial charge in [-0.25, -0.2) is 0 Å². The summed E-state index contributed by atoms with van der Waals surface area (Å²) in [5.74, 6) is -5.19. The first kappa shape index (κ1) is 63.3. The van der Waals surface area contributed by atoms with Crippen LogP contribution in [0.2, 0.25) is 0 Å². The monoisotopic (exact) mass is 1150 g/mol. The van der Waals surface area contributed by atoms with Gasteiger partial charge < -0.3 is 98.4 Å². The largest absolute Gasteiger partial charge is 0.507 e. The molecule has 3 saturated heterocycles. The zero-order valence-electron chi connectivity index (χ0n) is 47.9. The molecule has 456 valence electrons. The number of Topliss-reactive ketones (excluding diaryl/α,β-unsaturated/α-hetero) is 2. The predicted octanol–water partition coefficient (Wildman–Crippen LogP) is 2.43. The highest BCUT2D eigenvalue weighted by Crippen LogP contribution is 2.48. The van der Waals surface area contributed by atoms with Crippen molar-refractivity contribution >= 4 is 28.3 Å². The Morgan fingerprint density at radius 3 is 1.95 bits per heavy atom. The Hall–Kier alpha value is -3.73.